The minimum absolute atomic E-state index is 0.0685. The fourth-order valence-corrected chi connectivity index (χ4v) is 3.18. The maximum atomic E-state index is 11.0. The number of ether oxygens (including phenoxy) is 1. The largest absolute Gasteiger partial charge is 0.368 e. The van der Waals surface area contributed by atoms with Crippen LogP contribution in [-0.4, -0.2) is 40.5 Å². The van der Waals surface area contributed by atoms with Gasteiger partial charge in [0.25, 0.3) is 0 Å². The quantitative estimate of drug-likeness (QED) is 0.903. The summed E-state index contributed by atoms with van der Waals surface area (Å²) in [5.74, 6) is 0.615. The Kier molecular flexibility index (Phi) is 5.32. The van der Waals surface area contributed by atoms with Gasteiger partial charge in [0.2, 0.25) is 5.91 Å². The van der Waals surface area contributed by atoms with Crippen molar-refractivity contribution in [3.8, 4) is 0 Å². The highest BCUT2D eigenvalue weighted by atomic mass is 32.1. The van der Waals surface area contributed by atoms with Crippen LogP contribution in [0, 0.1) is 0 Å². The molecule has 1 unspecified atom stereocenters. The highest BCUT2D eigenvalue weighted by Gasteiger charge is 2.24. The first-order valence-corrected chi connectivity index (χ1v) is 8.56. The molecule has 1 saturated heterocycles. The Morgan fingerprint density at radius 2 is 2.43 bits per heavy atom. The van der Waals surface area contributed by atoms with Crippen molar-refractivity contribution in [2.45, 2.75) is 26.1 Å². The molecule has 2 aromatic heterocycles. The Labute approximate surface area is 139 Å². The number of nitrogens with zero attached hydrogens (tertiary/aromatic N) is 3. The highest BCUT2D eigenvalue weighted by molar-refractivity contribution is 7.07. The molecule has 3 rings (SSSR count). The summed E-state index contributed by atoms with van der Waals surface area (Å²) >= 11 is 1.72. The molecule has 0 aromatic carbocycles. The molecule has 6 nitrogen and oxygen atoms in total. The van der Waals surface area contributed by atoms with Crippen molar-refractivity contribution >= 4 is 17.2 Å². The van der Waals surface area contributed by atoms with E-state index in [1.165, 1.54) is 12.5 Å². The second-order valence-corrected chi connectivity index (χ2v) is 6.32. The van der Waals surface area contributed by atoms with Crippen molar-refractivity contribution in [3.63, 3.8) is 0 Å². The first-order valence-electron chi connectivity index (χ1n) is 7.62. The number of carbonyl (C=O) groups is 1. The topological polar surface area (TPSA) is 67.4 Å². The van der Waals surface area contributed by atoms with E-state index in [-0.39, 0.29) is 12.0 Å². The van der Waals surface area contributed by atoms with E-state index in [9.17, 15) is 4.79 Å². The van der Waals surface area contributed by atoms with Crippen LogP contribution in [-0.2, 0) is 22.6 Å². The molecule has 7 heteroatoms. The zero-order valence-corrected chi connectivity index (χ0v) is 13.9. The SMILES string of the molecule is CC(=O)NCc1ccnc(C2CN(Cc3ccsc3)CCO2)n1. The van der Waals surface area contributed by atoms with Crippen LogP contribution in [0.15, 0.2) is 29.1 Å². The lowest BCUT2D eigenvalue weighted by atomic mass is 10.2. The van der Waals surface area contributed by atoms with E-state index in [0.29, 0.717) is 19.0 Å². The minimum Gasteiger partial charge on any atom is -0.368 e. The van der Waals surface area contributed by atoms with Gasteiger partial charge >= 0.3 is 0 Å². The molecule has 0 radical (unpaired) electrons. The summed E-state index contributed by atoms with van der Waals surface area (Å²) in [5.41, 5.74) is 2.12. The van der Waals surface area contributed by atoms with E-state index in [0.717, 1.165) is 25.3 Å². The third kappa shape index (κ3) is 4.57. The molecular weight excluding hydrogens is 312 g/mol. The second kappa shape index (κ2) is 7.63. The highest BCUT2D eigenvalue weighted by Crippen LogP contribution is 2.21. The average molecular weight is 332 g/mol. The number of thiophene rings is 1. The first kappa shape index (κ1) is 16.0. The number of amides is 1. The summed E-state index contributed by atoms with van der Waals surface area (Å²) in [6.45, 7) is 5.20. The predicted molar refractivity (Wildman–Crippen MR) is 87.8 cm³/mol. The monoisotopic (exact) mass is 332 g/mol. The Morgan fingerprint density at radius 3 is 3.22 bits per heavy atom. The number of rotatable bonds is 5. The van der Waals surface area contributed by atoms with Crippen LogP contribution in [0.25, 0.3) is 0 Å². The third-order valence-corrected chi connectivity index (χ3v) is 4.41. The summed E-state index contributed by atoms with van der Waals surface area (Å²) in [5, 5.41) is 7.03. The molecule has 1 amide bonds. The molecule has 1 aliphatic rings. The van der Waals surface area contributed by atoms with E-state index in [1.807, 2.05) is 6.07 Å². The Balaban J connectivity index is 1.63. The van der Waals surface area contributed by atoms with E-state index < -0.39 is 0 Å². The van der Waals surface area contributed by atoms with Crippen LogP contribution in [0.1, 0.15) is 30.1 Å². The molecule has 3 heterocycles. The zero-order valence-electron chi connectivity index (χ0n) is 13.1. The van der Waals surface area contributed by atoms with Gasteiger partial charge in [-0.25, -0.2) is 9.97 Å². The summed E-state index contributed by atoms with van der Waals surface area (Å²) in [6, 6.07) is 3.96. The standard InChI is InChI=1S/C16H20N4O2S/c1-12(21)18-8-14-2-4-17-16(19-14)15-10-20(5-6-22-15)9-13-3-7-23-11-13/h2-4,7,11,15H,5-6,8-10H2,1H3,(H,18,21). The lowest BCUT2D eigenvalue weighted by molar-refractivity contribution is -0.119. The van der Waals surface area contributed by atoms with Crippen molar-refractivity contribution < 1.29 is 9.53 Å². The molecule has 122 valence electrons. The van der Waals surface area contributed by atoms with Crippen LogP contribution < -0.4 is 5.32 Å². The van der Waals surface area contributed by atoms with Gasteiger partial charge in [-0.2, -0.15) is 11.3 Å². The summed E-state index contributed by atoms with van der Waals surface area (Å²) in [6.07, 6.45) is 1.60. The maximum absolute atomic E-state index is 11.0. The zero-order chi connectivity index (χ0) is 16.1. The van der Waals surface area contributed by atoms with Gasteiger partial charge in [0.15, 0.2) is 5.82 Å². The lowest BCUT2D eigenvalue weighted by Crippen LogP contribution is -2.38. The van der Waals surface area contributed by atoms with Crippen LogP contribution >= 0.6 is 11.3 Å². The van der Waals surface area contributed by atoms with E-state index >= 15 is 0 Å². The van der Waals surface area contributed by atoms with Crippen molar-refractivity contribution in [1.29, 1.82) is 0 Å². The fourth-order valence-electron chi connectivity index (χ4n) is 2.52. The molecule has 0 aliphatic carbocycles. The van der Waals surface area contributed by atoms with Gasteiger partial charge < -0.3 is 10.1 Å². The molecule has 0 bridgehead atoms. The molecular formula is C16H20N4O2S. The maximum Gasteiger partial charge on any atom is 0.217 e. The average Bonchev–Trinajstić information content (AvgIpc) is 3.06. The fraction of sp³-hybridized carbons (Fsp3) is 0.438. The predicted octanol–water partition coefficient (Wildman–Crippen LogP) is 1.75. The smallest absolute Gasteiger partial charge is 0.217 e. The molecule has 1 atom stereocenters. The van der Waals surface area contributed by atoms with Gasteiger partial charge in [-0.15, -0.1) is 0 Å². The molecule has 23 heavy (non-hydrogen) atoms. The molecule has 1 aliphatic heterocycles. The van der Waals surface area contributed by atoms with Crippen molar-refractivity contribution in [2.24, 2.45) is 0 Å². The van der Waals surface area contributed by atoms with Gasteiger partial charge in [-0.3, -0.25) is 9.69 Å². The summed E-state index contributed by atoms with van der Waals surface area (Å²) in [7, 11) is 0. The lowest BCUT2D eigenvalue weighted by Gasteiger charge is -2.32. The number of carbonyl (C=O) groups excluding carboxylic acids is 1. The van der Waals surface area contributed by atoms with Gasteiger partial charge in [0.1, 0.15) is 6.10 Å². The van der Waals surface area contributed by atoms with Crippen LogP contribution in [0.3, 0.4) is 0 Å². The van der Waals surface area contributed by atoms with Crippen molar-refractivity contribution in [3.05, 3.63) is 46.2 Å². The normalized spacial score (nSPS) is 18.7. The van der Waals surface area contributed by atoms with Gasteiger partial charge in [0.05, 0.1) is 18.8 Å². The van der Waals surface area contributed by atoms with Gasteiger partial charge in [-0.1, -0.05) is 0 Å². The summed E-state index contributed by atoms with van der Waals surface area (Å²) < 4.78 is 5.84. The first-order chi connectivity index (χ1) is 11.2. The molecule has 1 N–H and O–H groups in total. The number of nitrogens with one attached hydrogen (secondary N) is 1. The van der Waals surface area contributed by atoms with Crippen molar-refractivity contribution in [1.82, 2.24) is 20.2 Å². The molecule has 2 aromatic rings. The molecule has 0 saturated carbocycles. The van der Waals surface area contributed by atoms with E-state index in [1.54, 1.807) is 17.5 Å². The third-order valence-electron chi connectivity index (χ3n) is 3.68. The van der Waals surface area contributed by atoms with Crippen LogP contribution in [0.4, 0.5) is 0 Å². The van der Waals surface area contributed by atoms with E-state index in [4.69, 9.17) is 4.74 Å². The van der Waals surface area contributed by atoms with Gasteiger partial charge in [0, 0.05) is 32.8 Å². The number of aromatic nitrogens is 2. The number of hydrogen-bond donors (Lipinski definition) is 1. The second-order valence-electron chi connectivity index (χ2n) is 5.54. The van der Waals surface area contributed by atoms with Gasteiger partial charge in [-0.05, 0) is 28.5 Å². The Bertz CT molecular complexity index is 647. The summed E-state index contributed by atoms with van der Waals surface area (Å²) in [4.78, 5) is 22.2. The van der Waals surface area contributed by atoms with Crippen molar-refractivity contribution in [2.75, 3.05) is 19.7 Å². The van der Waals surface area contributed by atoms with Crippen LogP contribution in [0.5, 0.6) is 0 Å². The molecule has 1 fully saturated rings. The van der Waals surface area contributed by atoms with Crippen LogP contribution in [0.2, 0.25) is 0 Å². The minimum atomic E-state index is -0.125. The number of hydrogen-bond acceptors (Lipinski definition) is 6. The number of morpholine rings is 1. The van der Waals surface area contributed by atoms with E-state index in [2.05, 4.69) is 37.0 Å². The Morgan fingerprint density at radius 1 is 1.52 bits per heavy atom. The molecule has 0 spiro atoms. The Hall–Kier alpha value is -1.83.